The fraction of sp³-hybridized carbons (Fsp3) is 0.900. The van der Waals surface area contributed by atoms with E-state index in [-0.39, 0.29) is 0 Å². The van der Waals surface area contributed by atoms with Crippen LogP contribution in [-0.2, 0) is 4.74 Å². The predicted molar refractivity (Wildman–Crippen MR) is 53.5 cm³/mol. The molecule has 0 aliphatic rings. The molecule has 0 radical (unpaired) electrons. The van der Waals surface area contributed by atoms with Crippen molar-refractivity contribution in [2.24, 2.45) is 0 Å². The van der Waals surface area contributed by atoms with Crippen LogP contribution in [0.25, 0.3) is 0 Å². The normalized spacial score (nSPS) is 10.3. The van der Waals surface area contributed by atoms with E-state index in [1.807, 2.05) is 0 Å². The zero-order chi connectivity index (χ0) is 9.94. The minimum Gasteiger partial charge on any atom is -0.383 e. The molecule has 0 unspecified atom stereocenters. The van der Waals surface area contributed by atoms with Gasteiger partial charge in [0.2, 0.25) is 0 Å². The van der Waals surface area contributed by atoms with Crippen LogP contribution in [0, 0.1) is 11.3 Å². The third-order valence-corrected chi connectivity index (χ3v) is 2.07. The standard InChI is InChI=1S/C10H20N2O/c1-3-12(9-10-13-2)8-6-4-5-7-11/h3-6,8-10H2,1-2H3. The molecular weight excluding hydrogens is 164 g/mol. The summed E-state index contributed by atoms with van der Waals surface area (Å²) < 4.78 is 5.01. The summed E-state index contributed by atoms with van der Waals surface area (Å²) in [6, 6.07) is 2.16. The van der Waals surface area contributed by atoms with Gasteiger partial charge < -0.3 is 9.64 Å². The van der Waals surface area contributed by atoms with Crippen molar-refractivity contribution in [1.29, 1.82) is 5.26 Å². The molecule has 13 heavy (non-hydrogen) atoms. The van der Waals surface area contributed by atoms with Crippen molar-refractivity contribution in [3.63, 3.8) is 0 Å². The molecule has 0 N–H and O–H groups in total. The van der Waals surface area contributed by atoms with Crippen LogP contribution in [0.3, 0.4) is 0 Å². The second-order valence-electron chi connectivity index (χ2n) is 3.04. The van der Waals surface area contributed by atoms with E-state index in [0.29, 0.717) is 6.42 Å². The lowest BCUT2D eigenvalue weighted by Gasteiger charge is -2.19. The number of hydrogen-bond acceptors (Lipinski definition) is 3. The van der Waals surface area contributed by atoms with Crippen LogP contribution in [0.15, 0.2) is 0 Å². The molecule has 0 bridgehead atoms. The first-order chi connectivity index (χ1) is 6.35. The highest BCUT2D eigenvalue weighted by Crippen LogP contribution is 1.97. The van der Waals surface area contributed by atoms with Crippen molar-refractivity contribution < 1.29 is 4.74 Å². The van der Waals surface area contributed by atoms with Crippen LogP contribution < -0.4 is 0 Å². The Kier molecular flexibility index (Phi) is 9.07. The van der Waals surface area contributed by atoms with E-state index in [2.05, 4.69) is 17.9 Å². The molecule has 0 amide bonds. The Morgan fingerprint density at radius 1 is 1.31 bits per heavy atom. The van der Waals surface area contributed by atoms with Crippen LogP contribution in [0.4, 0.5) is 0 Å². The molecule has 3 heteroatoms. The highest BCUT2D eigenvalue weighted by Gasteiger charge is 2.00. The van der Waals surface area contributed by atoms with Crippen molar-refractivity contribution in [1.82, 2.24) is 4.90 Å². The second kappa shape index (κ2) is 9.50. The lowest BCUT2D eigenvalue weighted by atomic mass is 10.2. The first-order valence-electron chi connectivity index (χ1n) is 4.93. The summed E-state index contributed by atoms with van der Waals surface area (Å²) in [4.78, 5) is 2.35. The van der Waals surface area contributed by atoms with E-state index in [0.717, 1.165) is 39.1 Å². The number of hydrogen-bond donors (Lipinski definition) is 0. The van der Waals surface area contributed by atoms with Crippen LogP contribution >= 0.6 is 0 Å². The van der Waals surface area contributed by atoms with Crippen LogP contribution in [-0.4, -0.2) is 38.3 Å². The van der Waals surface area contributed by atoms with Gasteiger partial charge in [0.25, 0.3) is 0 Å². The lowest BCUT2D eigenvalue weighted by Crippen LogP contribution is -2.28. The van der Waals surface area contributed by atoms with Gasteiger partial charge in [-0.25, -0.2) is 0 Å². The molecule has 0 saturated heterocycles. The molecule has 0 aromatic heterocycles. The van der Waals surface area contributed by atoms with E-state index in [9.17, 15) is 0 Å². The lowest BCUT2D eigenvalue weighted by molar-refractivity contribution is 0.150. The third kappa shape index (κ3) is 7.76. The molecule has 0 heterocycles. The fourth-order valence-electron chi connectivity index (χ4n) is 1.19. The highest BCUT2D eigenvalue weighted by molar-refractivity contribution is 4.68. The predicted octanol–water partition coefficient (Wildman–Crippen LogP) is 1.65. The summed E-state index contributed by atoms with van der Waals surface area (Å²) in [6.07, 6.45) is 2.81. The number of nitrogens with zero attached hydrogens (tertiary/aromatic N) is 2. The molecule has 0 aromatic rings. The van der Waals surface area contributed by atoms with Crippen molar-refractivity contribution in [3.8, 4) is 6.07 Å². The van der Waals surface area contributed by atoms with Crippen LogP contribution in [0.2, 0.25) is 0 Å². The first kappa shape index (κ1) is 12.4. The Balaban J connectivity index is 3.32. The maximum Gasteiger partial charge on any atom is 0.0621 e. The largest absolute Gasteiger partial charge is 0.383 e. The molecule has 76 valence electrons. The molecule has 0 fully saturated rings. The summed E-state index contributed by atoms with van der Waals surface area (Å²) in [5.41, 5.74) is 0. The summed E-state index contributed by atoms with van der Waals surface area (Å²) >= 11 is 0. The molecule has 0 saturated carbocycles. The SMILES string of the molecule is CCN(CCCCC#N)CCOC. The average molecular weight is 184 g/mol. The molecule has 3 nitrogen and oxygen atoms in total. The highest BCUT2D eigenvalue weighted by atomic mass is 16.5. The zero-order valence-electron chi connectivity index (χ0n) is 8.75. The quantitative estimate of drug-likeness (QED) is 0.538. The minimum absolute atomic E-state index is 0.682. The van der Waals surface area contributed by atoms with E-state index >= 15 is 0 Å². The maximum absolute atomic E-state index is 8.35. The second-order valence-corrected chi connectivity index (χ2v) is 3.04. The molecular formula is C10H20N2O. The monoisotopic (exact) mass is 184 g/mol. The smallest absolute Gasteiger partial charge is 0.0621 e. The van der Waals surface area contributed by atoms with Gasteiger partial charge in [0.15, 0.2) is 0 Å². The van der Waals surface area contributed by atoms with Crippen molar-refractivity contribution in [3.05, 3.63) is 0 Å². The van der Waals surface area contributed by atoms with Gasteiger partial charge in [-0.3, -0.25) is 0 Å². The van der Waals surface area contributed by atoms with E-state index in [4.69, 9.17) is 10.00 Å². The average Bonchev–Trinajstić information content (AvgIpc) is 2.17. The third-order valence-electron chi connectivity index (χ3n) is 2.07. The summed E-state index contributed by atoms with van der Waals surface area (Å²) in [6.45, 7) is 6.10. The number of nitriles is 1. The van der Waals surface area contributed by atoms with E-state index in [1.54, 1.807) is 7.11 Å². The van der Waals surface area contributed by atoms with Gasteiger partial charge in [0, 0.05) is 20.1 Å². The van der Waals surface area contributed by atoms with E-state index < -0.39 is 0 Å². The maximum atomic E-state index is 8.35. The van der Waals surface area contributed by atoms with Crippen molar-refractivity contribution in [2.75, 3.05) is 33.4 Å². The molecule has 0 rings (SSSR count). The molecule has 0 aromatic carbocycles. The summed E-state index contributed by atoms with van der Waals surface area (Å²) in [7, 11) is 1.73. The van der Waals surface area contributed by atoms with Crippen LogP contribution in [0.5, 0.6) is 0 Å². The van der Waals surface area contributed by atoms with Crippen molar-refractivity contribution in [2.45, 2.75) is 26.2 Å². The van der Waals surface area contributed by atoms with Gasteiger partial charge in [0.05, 0.1) is 12.7 Å². The number of rotatable bonds is 8. The Bertz CT molecular complexity index is 142. The number of methoxy groups -OCH3 is 1. The van der Waals surface area contributed by atoms with Gasteiger partial charge in [-0.2, -0.15) is 5.26 Å². The summed E-state index contributed by atoms with van der Waals surface area (Å²) in [5, 5.41) is 8.35. The minimum atomic E-state index is 0.682. The van der Waals surface area contributed by atoms with Gasteiger partial charge >= 0.3 is 0 Å². The Morgan fingerprint density at radius 3 is 2.62 bits per heavy atom. The number of ether oxygens (including phenoxy) is 1. The van der Waals surface area contributed by atoms with E-state index in [1.165, 1.54) is 0 Å². The van der Waals surface area contributed by atoms with Gasteiger partial charge in [-0.15, -0.1) is 0 Å². The van der Waals surface area contributed by atoms with Gasteiger partial charge in [-0.1, -0.05) is 6.92 Å². The van der Waals surface area contributed by atoms with Gasteiger partial charge in [-0.05, 0) is 25.9 Å². The number of unbranched alkanes of at least 4 members (excludes halogenated alkanes) is 2. The Morgan fingerprint density at radius 2 is 2.08 bits per heavy atom. The molecule has 0 aliphatic heterocycles. The number of likely N-dealkylation sites (N-methyl/N-ethyl adjacent to an activating group) is 1. The van der Waals surface area contributed by atoms with Gasteiger partial charge in [0.1, 0.15) is 0 Å². The topological polar surface area (TPSA) is 36.3 Å². The van der Waals surface area contributed by atoms with Crippen LogP contribution in [0.1, 0.15) is 26.2 Å². The first-order valence-corrected chi connectivity index (χ1v) is 4.93. The fourth-order valence-corrected chi connectivity index (χ4v) is 1.19. The Labute approximate surface area is 81.3 Å². The molecule has 0 atom stereocenters. The molecule has 0 aliphatic carbocycles. The Hall–Kier alpha value is -0.590. The van der Waals surface area contributed by atoms with Crippen molar-refractivity contribution >= 4 is 0 Å². The zero-order valence-corrected chi connectivity index (χ0v) is 8.75. The summed E-state index contributed by atoms with van der Waals surface area (Å²) in [5.74, 6) is 0. The molecule has 0 spiro atoms.